The summed E-state index contributed by atoms with van der Waals surface area (Å²) in [6.07, 6.45) is 0.897. The summed E-state index contributed by atoms with van der Waals surface area (Å²) < 4.78 is 44.0. The predicted octanol–water partition coefficient (Wildman–Crippen LogP) is 4.07. The summed E-state index contributed by atoms with van der Waals surface area (Å²) in [4.78, 5) is 11.9. The molecular weight excluding hydrogens is 476 g/mol. The van der Waals surface area contributed by atoms with E-state index in [2.05, 4.69) is 24.7 Å². The number of rotatable bonds is 11. The SMILES string of the molecule is Cc1c(N=Nc2ccc(CCCOSOOO)cc2S(=O)(=O)O)c(=O)[nH]n1-c1ccccc1. The number of hydrogen-bond acceptors (Lipinski definition) is 10. The van der Waals surface area contributed by atoms with E-state index >= 15 is 0 Å². The number of aryl methyl sites for hydroxylation is 1. The summed E-state index contributed by atoms with van der Waals surface area (Å²) in [5.74, 6) is 0. The fraction of sp³-hybridized carbons (Fsp3) is 0.211. The van der Waals surface area contributed by atoms with Crippen molar-refractivity contribution in [1.29, 1.82) is 0 Å². The van der Waals surface area contributed by atoms with Crippen LogP contribution in [-0.4, -0.2) is 34.6 Å². The van der Waals surface area contributed by atoms with Gasteiger partial charge in [0.25, 0.3) is 15.7 Å². The van der Waals surface area contributed by atoms with E-state index in [1.165, 1.54) is 12.1 Å². The van der Waals surface area contributed by atoms with E-state index in [0.717, 1.165) is 0 Å². The molecule has 0 saturated heterocycles. The van der Waals surface area contributed by atoms with Crippen LogP contribution in [0.2, 0.25) is 0 Å². The van der Waals surface area contributed by atoms with Gasteiger partial charge in [-0.1, -0.05) is 29.3 Å². The number of nitrogens with one attached hydrogen (secondary N) is 1. The van der Waals surface area contributed by atoms with Gasteiger partial charge in [0, 0.05) is 0 Å². The second-order valence-electron chi connectivity index (χ2n) is 6.66. The quantitative estimate of drug-likeness (QED) is 0.0886. The lowest BCUT2D eigenvalue weighted by Gasteiger charge is -2.06. The third-order valence-electron chi connectivity index (χ3n) is 4.48. The van der Waals surface area contributed by atoms with Crippen LogP contribution in [0.15, 0.2) is 68.4 Å². The molecule has 0 spiro atoms. The molecule has 0 saturated carbocycles. The van der Waals surface area contributed by atoms with Crippen molar-refractivity contribution in [2.75, 3.05) is 6.61 Å². The van der Waals surface area contributed by atoms with Crippen molar-refractivity contribution in [3.05, 3.63) is 70.1 Å². The Kier molecular flexibility index (Phi) is 8.51. The Morgan fingerprint density at radius 3 is 2.61 bits per heavy atom. The van der Waals surface area contributed by atoms with E-state index in [4.69, 9.17) is 9.44 Å². The van der Waals surface area contributed by atoms with Crippen molar-refractivity contribution >= 4 is 33.8 Å². The van der Waals surface area contributed by atoms with Crippen molar-refractivity contribution in [1.82, 2.24) is 9.78 Å². The second kappa shape index (κ2) is 11.3. The Morgan fingerprint density at radius 2 is 1.91 bits per heavy atom. The monoisotopic (exact) mass is 496 g/mol. The van der Waals surface area contributed by atoms with Crippen LogP contribution in [0.1, 0.15) is 17.7 Å². The zero-order valence-corrected chi connectivity index (χ0v) is 18.9. The normalized spacial score (nSPS) is 12.0. The molecule has 0 aliphatic rings. The molecule has 1 heterocycles. The topological polar surface area (TPSA) is 165 Å². The zero-order valence-electron chi connectivity index (χ0n) is 17.2. The maximum atomic E-state index is 12.4. The molecule has 0 atom stereocenters. The Morgan fingerprint density at radius 1 is 1.15 bits per heavy atom. The highest BCUT2D eigenvalue weighted by Gasteiger charge is 2.18. The van der Waals surface area contributed by atoms with E-state index in [0.29, 0.717) is 42.1 Å². The van der Waals surface area contributed by atoms with E-state index < -0.39 is 20.6 Å². The van der Waals surface area contributed by atoms with Crippen LogP contribution < -0.4 is 5.56 Å². The van der Waals surface area contributed by atoms with Crippen molar-refractivity contribution in [3.8, 4) is 5.69 Å². The Balaban J connectivity index is 1.82. The number of aromatic nitrogens is 2. The van der Waals surface area contributed by atoms with Gasteiger partial charge in [-0.15, -0.1) is 14.6 Å². The molecule has 176 valence electrons. The maximum absolute atomic E-state index is 12.4. The molecule has 0 amide bonds. The number of benzene rings is 2. The van der Waals surface area contributed by atoms with Gasteiger partial charge in [-0.05, 0) is 49.6 Å². The summed E-state index contributed by atoms with van der Waals surface area (Å²) in [6, 6.07) is 13.4. The molecule has 3 rings (SSSR count). The molecule has 33 heavy (non-hydrogen) atoms. The molecule has 0 radical (unpaired) electrons. The molecule has 12 nitrogen and oxygen atoms in total. The number of nitrogens with zero attached hydrogens (tertiary/aromatic N) is 3. The van der Waals surface area contributed by atoms with Gasteiger partial charge in [-0.25, -0.2) is 5.26 Å². The maximum Gasteiger partial charge on any atom is 0.296 e. The molecular formula is C19H20N4O8S2. The van der Waals surface area contributed by atoms with Gasteiger partial charge in [-0.3, -0.25) is 23.3 Å². The first-order valence-corrected chi connectivity index (χ1v) is 11.6. The van der Waals surface area contributed by atoms with E-state index in [9.17, 15) is 17.8 Å². The molecule has 1 aromatic heterocycles. The average molecular weight is 497 g/mol. The highest BCUT2D eigenvalue weighted by molar-refractivity contribution is 7.89. The van der Waals surface area contributed by atoms with Crippen LogP contribution in [0, 0.1) is 6.92 Å². The minimum absolute atomic E-state index is 0.00736. The van der Waals surface area contributed by atoms with Gasteiger partial charge >= 0.3 is 0 Å². The predicted molar refractivity (Wildman–Crippen MR) is 118 cm³/mol. The highest BCUT2D eigenvalue weighted by Crippen LogP contribution is 2.28. The molecule has 0 aliphatic heterocycles. The third-order valence-corrected chi connectivity index (χ3v) is 5.74. The van der Waals surface area contributed by atoms with Crippen molar-refractivity contribution in [2.45, 2.75) is 24.7 Å². The number of para-hydroxylation sites is 1. The van der Waals surface area contributed by atoms with Crippen LogP contribution in [-0.2, 0) is 30.1 Å². The molecule has 0 aliphatic carbocycles. The van der Waals surface area contributed by atoms with Gasteiger partial charge in [0.15, 0.2) is 18.0 Å². The number of azo groups is 1. The number of hydrogen-bond donors (Lipinski definition) is 3. The lowest BCUT2D eigenvalue weighted by atomic mass is 10.1. The zero-order chi connectivity index (χ0) is 23.8. The minimum Gasteiger partial charge on any atom is -0.289 e. The molecule has 2 aromatic carbocycles. The second-order valence-corrected chi connectivity index (χ2v) is 8.56. The number of H-pyrrole nitrogens is 1. The van der Waals surface area contributed by atoms with E-state index in [1.54, 1.807) is 29.8 Å². The highest BCUT2D eigenvalue weighted by atomic mass is 32.2. The van der Waals surface area contributed by atoms with Crippen molar-refractivity contribution in [2.24, 2.45) is 10.2 Å². The van der Waals surface area contributed by atoms with E-state index in [-0.39, 0.29) is 18.0 Å². The van der Waals surface area contributed by atoms with Crippen molar-refractivity contribution in [3.63, 3.8) is 0 Å². The first-order chi connectivity index (χ1) is 15.8. The van der Waals surface area contributed by atoms with Crippen LogP contribution in [0.25, 0.3) is 5.69 Å². The van der Waals surface area contributed by atoms with Crippen LogP contribution in [0.4, 0.5) is 11.4 Å². The number of aromatic amines is 1. The van der Waals surface area contributed by atoms with Gasteiger partial charge in [0.1, 0.15) is 10.6 Å². The standard InChI is InChI=1S/C19H20N4O8S2/c1-13-18(19(24)22-23(13)15-7-3-2-4-8-15)21-20-16-10-9-14(12-17(16)33(26,27)28)6-5-11-29-32-31-30-25/h2-4,7-10,12,25H,5-6,11H2,1H3,(H,22,24)(H,26,27,28). The first kappa shape index (κ1) is 24.8. The van der Waals surface area contributed by atoms with E-state index in [1.807, 2.05) is 18.2 Å². The fourth-order valence-electron chi connectivity index (χ4n) is 2.97. The van der Waals surface area contributed by atoms with Crippen LogP contribution in [0.5, 0.6) is 0 Å². The van der Waals surface area contributed by atoms with Gasteiger partial charge in [0.2, 0.25) is 0 Å². The first-order valence-electron chi connectivity index (χ1n) is 9.47. The molecule has 3 N–H and O–H groups in total. The van der Waals surface area contributed by atoms with Crippen LogP contribution >= 0.6 is 12.3 Å². The summed E-state index contributed by atoms with van der Waals surface area (Å²) in [5, 5.41) is 21.9. The summed E-state index contributed by atoms with van der Waals surface area (Å²) >= 11 is 0.440. The largest absolute Gasteiger partial charge is 0.296 e. The summed E-state index contributed by atoms with van der Waals surface area (Å²) in [7, 11) is -4.61. The van der Waals surface area contributed by atoms with Gasteiger partial charge in [0.05, 0.1) is 18.0 Å². The smallest absolute Gasteiger partial charge is 0.289 e. The fourth-order valence-corrected chi connectivity index (χ4v) is 3.89. The Labute approximate surface area is 192 Å². The molecule has 0 bridgehead atoms. The van der Waals surface area contributed by atoms with Crippen molar-refractivity contribution < 1.29 is 31.8 Å². The third kappa shape index (κ3) is 6.58. The summed E-state index contributed by atoms with van der Waals surface area (Å²) in [5.41, 5.74) is 1.18. The summed E-state index contributed by atoms with van der Waals surface area (Å²) in [6.45, 7) is 1.89. The molecule has 0 unspecified atom stereocenters. The van der Waals surface area contributed by atoms with Crippen LogP contribution in [0.3, 0.4) is 0 Å². The molecule has 14 heteroatoms. The lowest BCUT2D eigenvalue weighted by molar-refractivity contribution is -0.434. The van der Waals surface area contributed by atoms with Gasteiger partial charge in [-0.2, -0.15) is 8.42 Å². The average Bonchev–Trinajstić information content (AvgIpc) is 3.08. The Hall–Kier alpha value is -2.85. The minimum atomic E-state index is -4.61. The molecule has 0 fully saturated rings. The van der Waals surface area contributed by atoms with Gasteiger partial charge < -0.3 is 0 Å². The lowest BCUT2D eigenvalue weighted by Crippen LogP contribution is -2.04. The Bertz CT molecular complexity index is 1270. The molecule has 3 aromatic rings.